The van der Waals surface area contributed by atoms with Crippen LogP contribution in [0.3, 0.4) is 0 Å². The zero-order chi connectivity index (χ0) is 18.7. The molecule has 6 nitrogen and oxygen atoms in total. The van der Waals surface area contributed by atoms with Gasteiger partial charge in [0.1, 0.15) is 17.8 Å². The third-order valence-electron chi connectivity index (χ3n) is 4.51. The van der Waals surface area contributed by atoms with Crippen LogP contribution in [0.4, 0.5) is 4.79 Å². The van der Waals surface area contributed by atoms with Crippen LogP contribution in [0.25, 0.3) is 0 Å². The van der Waals surface area contributed by atoms with Crippen LogP contribution < -0.4 is 10.1 Å². The summed E-state index contributed by atoms with van der Waals surface area (Å²) in [7, 11) is 0. The maximum atomic E-state index is 12.9. The van der Waals surface area contributed by atoms with E-state index in [9.17, 15) is 14.4 Å². The van der Waals surface area contributed by atoms with Crippen LogP contribution in [-0.2, 0) is 15.1 Å². The van der Waals surface area contributed by atoms with E-state index in [1.54, 1.807) is 36.4 Å². The number of ether oxygens (including phenoxy) is 1. The minimum absolute atomic E-state index is 0.373. The van der Waals surface area contributed by atoms with Crippen molar-refractivity contribution in [3.63, 3.8) is 0 Å². The molecule has 1 atom stereocenters. The molecule has 6 heteroatoms. The summed E-state index contributed by atoms with van der Waals surface area (Å²) in [6, 6.07) is 15.4. The first-order chi connectivity index (χ1) is 12.5. The van der Waals surface area contributed by atoms with Gasteiger partial charge in [-0.15, -0.1) is 0 Å². The first-order valence-corrected chi connectivity index (χ1v) is 8.43. The number of urea groups is 1. The van der Waals surface area contributed by atoms with Gasteiger partial charge in [-0.2, -0.15) is 0 Å². The highest BCUT2D eigenvalue weighted by Crippen LogP contribution is 2.32. The largest absolute Gasteiger partial charge is 0.425 e. The van der Waals surface area contributed by atoms with Crippen LogP contribution in [0.1, 0.15) is 24.5 Å². The number of nitrogens with one attached hydrogen (secondary N) is 1. The van der Waals surface area contributed by atoms with Gasteiger partial charge in [0.15, 0.2) is 0 Å². The second-order valence-electron chi connectivity index (χ2n) is 6.23. The maximum absolute atomic E-state index is 12.9. The SMILES string of the molecule is CCC1(c2ccccc2)NC(=O)N(CC(=O)Oc2ccc(C)cc2)C1=O. The van der Waals surface area contributed by atoms with Gasteiger partial charge in [0.25, 0.3) is 5.91 Å². The fraction of sp³-hybridized carbons (Fsp3) is 0.250. The van der Waals surface area contributed by atoms with Gasteiger partial charge in [-0.1, -0.05) is 55.0 Å². The number of aryl methyl sites for hydroxylation is 1. The number of hydrogen-bond acceptors (Lipinski definition) is 4. The van der Waals surface area contributed by atoms with Crippen molar-refractivity contribution in [2.75, 3.05) is 6.54 Å². The van der Waals surface area contributed by atoms with Crippen LogP contribution in [0.5, 0.6) is 5.75 Å². The van der Waals surface area contributed by atoms with Gasteiger partial charge in [-0.05, 0) is 31.0 Å². The fourth-order valence-electron chi connectivity index (χ4n) is 3.03. The molecule has 0 spiro atoms. The number of esters is 1. The van der Waals surface area contributed by atoms with Gasteiger partial charge in [0, 0.05) is 0 Å². The van der Waals surface area contributed by atoms with Gasteiger partial charge >= 0.3 is 12.0 Å². The van der Waals surface area contributed by atoms with Gasteiger partial charge in [-0.3, -0.25) is 9.69 Å². The van der Waals surface area contributed by atoms with Crippen molar-refractivity contribution in [1.29, 1.82) is 0 Å². The highest BCUT2D eigenvalue weighted by Gasteiger charge is 2.51. The molecule has 0 bridgehead atoms. The molecule has 2 aromatic carbocycles. The number of carbonyl (C=O) groups excluding carboxylic acids is 3. The van der Waals surface area contributed by atoms with Crippen molar-refractivity contribution in [2.24, 2.45) is 0 Å². The molecule has 3 amide bonds. The number of benzene rings is 2. The van der Waals surface area contributed by atoms with Crippen molar-refractivity contribution >= 4 is 17.9 Å². The van der Waals surface area contributed by atoms with E-state index in [-0.39, 0.29) is 0 Å². The van der Waals surface area contributed by atoms with E-state index in [0.29, 0.717) is 17.7 Å². The molecule has 1 fully saturated rings. The van der Waals surface area contributed by atoms with Crippen LogP contribution in [0.2, 0.25) is 0 Å². The molecule has 26 heavy (non-hydrogen) atoms. The molecule has 1 aliphatic heterocycles. The van der Waals surface area contributed by atoms with Crippen LogP contribution in [0, 0.1) is 6.92 Å². The van der Waals surface area contributed by atoms with Crippen molar-refractivity contribution in [1.82, 2.24) is 10.2 Å². The zero-order valence-electron chi connectivity index (χ0n) is 14.7. The highest BCUT2D eigenvalue weighted by molar-refractivity contribution is 6.09. The number of rotatable bonds is 5. The Morgan fingerprint density at radius 1 is 1.08 bits per heavy atom. The van der Waals surface area contributed by atoms with Crippen molar-refractivity contribution < 1.29 is 19.1 Å². The smallest absolute Gasteiger partial charge is 0.331 e. The minimum Gasteiger partial charge on any atom is -0.425 e. The first-order valence-electron chi connectivity index (χ1n) is 8.43. The third kappa shape index (κ3) is 3.18. The number of hydrogen-bond donors (Lipinski definition) is 1. The number of imide groups is 1. The topological polar surface area (TPSA) is 75.7 Å². The van der Waals surface area contributed by atoms with Crippen LogP contribution in [0.15, 0.2) is 54.6 Å². The molecular weight excluding hydrogens is 332 g/mol. The Hall–Kier alpha value is -3.15. The molecule has 134 valence electrons. The number of carbonyl (C=O) groups is 3. The molecule has 1 saturated heterocycles. The second-order valence-corrected chi connectivity index (χ2v) is 6.23. The lowest BCUT2D eigenvalue weighted by Gasteiger charge is -2.25. The standard InChI is InChI=1S/C20H20N2O4/c1-3-20(15-7-5-4-6-8-15)18(24)22(19(25)21-20)13-17(23)26-16-11-9-14(2)10-12-16/h4-12H,3,13H2,1-2H3,(H,21,25). The Morgan fingerprint density at radius 3 is 2.35 bits per heavy atom. The predicted molar refractivity (Wildman–Crippen MR) is 95.5 cm³/mol. The van der Waals surface area contributed by atoms with Gasteiger partial charge in [0.05, 0.1) is 0 Å². The molecular formula is C20H20N2O4. The van der Waals surface area contributed by atoms with E-state index >= 15 is 0 Å². The molecule has 1 heterocycles. The van der Waals surface area contributed by atoms with E-state index in [1.807, 2.05) is 32.0 Å². The van der Waals surface area contributed by atoms with Crippen LogP contribution in [-0.4, -0.2) is 29.4 Å². The summed E-state index contributed by atoms with van der Waals surface area (Å²) in [6.45, 7) is 3.30. The Morgan fingerprint density at radius 2 is 1.73 bits per heavy atom. The summed E-state index contributed by atoms with van der Waals surface area (Å²) in [5.74, 6) is -0.744. The summed E-state index contributed by atoms with van der Waals surface area (Å²) in [4.78, 5) is 38.4. The van der Waals surface area contributed by atoms with Crippen molar-refractivity contribution in [3.05, 3.63) is 65.7 Å². The third-order valence-corrected chi connectivity index (χ3v) is 4.51. The minimum atomic E-state index is -1.15. The summed E-state index contributed by atoms with van der Waals surface area (Å²) in [6.07, 6.45) is 0.380. The first kappa shape index (κ1) is 17.7. The summed E-state index contributed by atoms with van der Waals surface area (Å²) in [5.41, 5.74) is 0.576. The van der Waals surface area contributed by atoms with Gasteiger partial charge < -0.3 is 10.1 Å². The average molecular weight is 352 g/mol. The van der Waals surface area contributed by atoms with Gasteiger partial charge in [0.2, 0.25) is 0 Å². The number of nitrogens with zero attached hydrogens (tertiary/aromatic N) is 1. The average Bonchev–Trinajstić information content (AvgIpc) is 2.89. The fourth-order valence-corrected chi connectivity index (χ4v) is 3.03. The molecule has 1 unspecified atom stereocenters. The lowest BCUT2D eigenvalue weighted by molar-refractivity contribution is -0.141. The molecule has 0 radical (unpaired) electrons. The normalized spacial score (nSPS) is 19.4. The van der Waals surface area contributed by atoms with Crippen molar-refractivity contribution in [3.8, 4) is 5.75 Å². The Kier molecular flexibility index (Phi) is 4.75. The molecule has 0 aliphatic carbocycles. The molecule has 0 aromatic heterocycles. The molecule has 1 aliphatic rings. The van der Waals surface area contributed by atoms with E-state index in [2.05, 4.69) is 5.32 Å². The zero-order valence-corrected chi connectivity index (χ0v) is 14.7. The van der Waals surface area contributed by atoms with Gasteiger partial charge in [-0.25, -0.2) is 9.59 Å². The van der Waals surface area contributed by atoms with E-state index in [1.165, 1.54) is 0 Å². The lowest BCUT2D eigenvalue weighted by Crippen LogP contribution is -2.44. The monoisotopic (exact) mass is 352 g/mol. The summed E-state index contributed by atoms with van der Waals surface area (Å²) >= 11 is 0. The Balaban J connectivity index is 1.76. The lowest BCUT2D eigenvalue weighted by atomic mass is 9.87. The second kappa shape index (κ2) is 7.00. The predicted octanol–water partition coefficient (Wildman–Crippen LogP) is 2.76. The number of amides is 3. The van der Waals surface area contributed by atoms with E-state index < -0.39 is 30.0 Å². The maximum Gasteiger partial charge on any atom is 0.331 e. The molecule has 3 rings (SSSR count). The quantitative estimate of drug-likeness (QED) is 0.510. The highest BCUT2D eigenvalue weighted by atomic mass is 16.5. The molecule has 0 saturated carbocycles. The Bertz CT molecular complexity index is 833. The Labute approximate surface area is 151 Å². The molecule has 1 N–H and O–H groups in total. The summed E-state index contributed by atoms with van der Waals surface area (Å²) in [5, 5.41) is 2.74. The van der Waals surface area contributed by atoms with Crippen LogP contribution >= 0.6 is 0 Å². The van der Waals surface area contributed by atoms with E-state index in [0.717, 1.165) is 10.5 Å². The van der Waals surface area contributed by atoms with Crippen molar-refractivity contribution in [2.45, 2.75) is 25.8 Å². The van der Waals surface area contributed by atoms with E-state index in [4.69, 9.17) is 4.74 Å². The summed E-state index contributed by atoms with van der Waals surface area (Å²) < 4.78 is 5.22. The molecule has 2 aromatic rings.